The lowest BCUT2D eigenvalue weighted by Gasteiger charge is -2.09. The molecule has 1 atom stereocenters. The number of nitrogens with two attached hydrogens (primary N) is 1. The van der Waals surface area contributed by atoms with E-state index in [0.29, 0.717) is 5.82 Å². The summed E-state index contributed by atoms with van der Waals surface area (Å²) in [6.45, 7) is 1.53. The first-order chi connectivity index (χ1) is 8.88. The Morgan fingerprint density at radius 1 is 1.11 bits per heavy atom. The van der Waals surface area contributed by atoms with Gasteiger partial charge >= 0.3 is 0 Å². The highest BCUT2D eigenvalue weighted by Gasteiger charge is 2.21. The molecular formula is C12H14N4O2S. The Bertz CT molecular complexity index is 686. The molecule has 100 valence electrons. The van der Waals surface area contributed by atoms with Crippen molar-refractivity contribution in [3.8, 4) is 11.4 Å². The van der Waals surface area contributed by atoms with Gasteiger partial charge in [0.25, 0.3) is 0 Å². The van der Waals surface area contributed by atoms with Gasteiger partial charge in [-0.3, -0.25) is 0 Å². The summed E-state index contributed by atoms with van der Waals surface area (Å²) in [6.07, 6.45) is 1.14. The van der Waals surface area contributed by atoms with E-state index in [1.54, 1.807) is 0 Å². The van der Waals surface area contributed by atoms with E-state index in [1.807, 2.05) is 30.3 Å². The highest BCUT2D eigenvalue weighted by Crippen LogP contribution is 2.21. The van der Waals surface area contributed by atoms with Crippen LogP contribution in [0.3, 0.4) is 0 Å². The Kier molecular flexibility index (Phi) is 3.48. The Hall–Kier alpha value is -2.02. The molecule has 7 heteroatoms. The zero-order chi connectivity index (χ0) is 14.0. The number of nitrogen functional groups attached to an aromatic ring is 1. The number of benzene rings is 1. The van der Waals surface area contributed by atoms with Crippen LogP contribution in [0.1, 0.15) is 18.0 Å². The van der Waals surface area contributed by atoms with Crippen LogP contribution >= 0.6 is 0 Å². The van der Waals surface area contributed by atoms with Crippen LogP contribution in [0.25, 0.3) is 11.4 Å². The number of nitrogens with zero attached hydrogens (tertiary/aromatic N) is 3. The van der Waals surface area contributed by atoms with E-state index < -0.39 is 15.1 Å². The molecule has 1 heterocycles. The Morgan fingerprint density at radius 2 is 1.74 bits per heavy atom. The van der Waals surface area contributed by atoms with Gasteiger partial charge in [0.15, 0.2) is 21.5 Å². The van der Waals surface area contributed by atoms with Crippen molar-refractivity contribution in [1.82, 2.24) is 15.0 Å². The normalized spacial score (nSPS) is 13.2. The summed E-state index contributed by atoms with van der Waals surface area (Å²) in [5.41, 5.74) is 6.38. The molecule has 0 aliphatic carbocycles. The van der Waals surface area contributed by atoms with Gasteiger partial charge in [0.05, 0.1) is 0 Å². The second-order valence-electron chi connectivity index (χ2n) is 4.21. The van der Waals surface area contributed by atoms with Crippen molar-refractivity contribution >= 4 is 15.8 Å². The van der Waals surface area contributed by atoms with E-state index in [4.69, 9.17) is 5.73 Å². The minimum Gasteiger partial charge on any atom is -0.368 e. The minimum atomic E-state index is -3.28. The molecule has 0 aliphatic heterocycles. The molecule has 2 N–H and O–H groups in total. The van der Waals surface area contributed by atoms with E-state index >= 15 is 0 Å². The summed E-state index contributed by atoms with van der Waals surface area (Å²) in [7, 11) is -3.28. The van der Waals surface area contributed by atoms with E-state index in [9.17, 15) is 8.42 Å². The van der Waals surface area contributed by atoms with Crippen LogP contribution in [-0.4, -0.2) is 29.6 Å². The van der Waals surface area contributed by atoms with Crippen molar-refractivity contribution in [1.29, 1.82) is 0 Å². The lowest BCUT2D eigenvalue weighted by molar-refractivity contribution is 0.589. The first-order valence-electron chi connectivity index (χ1n) is 5.63. The molecule has 0 spiro atoms. The summed E-state index contributed by atoms with van der Waals surface area (Å²) < 4.78 is 23.1. The van der Waals surface area contributed by atoms with Crippen LogP contribution in [0.15, 0.2) is 30.3 Å². The molecule has 19 heavy (non-hydrogen) atoms. The second-order valence-corrected chi connectivity index (χ2v) is 6.58. The average Bonchev–Trinajstić information content (AvgIpc) is 2.37. The summed E-state index contributed by atoms with van der Waals surface area (Å²) in [5.74, 6) is 0.548. The van der Waals surface area contributed by atoms with Crippen LogP contribution in [0.4, 0.5) is 5.95 Å². The highest BCUT2D eigenvalue weighted by molar-refractivity contribution is 7.90. The zero-order valence-corrected chi connectivity index (χ0v) is 11.4. The third-order valence-electron chi connectivity index (χ3n) is 2.71. The summed E-state index contributed by atoms with van der Waals surface area (Å²) in [4.78, 5) is 12.1. The molecule has 2 rings (SSSR count). The maximum Gasteiger partial charge on any atom is 0.223 e. The van der Waals surface area contributed by atoms with Crippen LogP contribution < -0.4 is 5.73 Å². The fourth-order valence-corrected chi connectivity index (χ4v) is 1.99. The molecule has 0 saturated heterocycles. The average molecular weight is 278 g/mol. The van der Waals surface area contributed by atoms with Gasteiger partial charge in [0.1, 0.15) is 5.25 Å². The van der Waals surface area contributed by atoms with Crippen LogP contribution in [0.2, 0.25) is 0 Å². The fourth-order valence-electron chi connectivity index (χ4n) is 1.50. The molecule has 0 bridgehead atoms. The van der Waals surface area contributed by atoms with E-state index in [2.05, 4.69) is 15.0 Å². The van der Waals surface area contributed by atoms with E-state index in [0.717, 1.165) is 11.8 Å². The maximum absolute atomic E-state index is 11.5. The molecule has 6 nitrogen and oxygen atoms in total. The van der Waals surface area contributed by atoms with E-state index in [1.165, 1.54) is 6.92 Å². The van der Waals surface area contributed by atoms with Gasteiger partial charge in [-0.05, 0) is 6.92 Å². The summed E-state index contributed by atoms with van der Waals surface area (Å²) in [5, 5.41) is -0.819. The molecule has 1 aromatic carbocycles. The highest BCUT2D eigenvalue weighted by atomic mass is 32.2. The third-order valence-corrected chi connectivity index (χ3v) is 4.20. The van der Waals surface area contributed by atoms with Crippen molar-refractivity contribution in [3.63, 3.8) is 0 Å². The Labute approximate surface area is 111 Å². The number of aromatic nitrogens is 3. The summed E-state index contributed by atoms with van der Waals surface area (Å²) >= 11 is 0. The standard InChI is InChI=1S/C12H14N4O2S/c1-8(19(2,17)18)10-14-11(16-12(13)15-10)9-6-4-3-5-7-9/h3-8H,1-2H3,(H2,13,14,15,16). The molecule has 0 saturated carbocycles. The Morgan fingerprint density at radius 3 is 2.32 bits per heavy atom. The monoisotopic (exact) mass is 278 g/mol. The summed E-state index contributed by atoms with van der Waals surface area (Å²) in [6, 6.07) is 9.20. The molecule has 0 radical (unpaired) electrons. The number of rotatable bonds is 3. The SMILES string of the molecule is CC(c1nc(N)nc(-c2ccccc2)n1)S(C)(=O)=O. The molecule has 0 aliphatic rings. The molecular weight excluding hydrogens is 264 g/mol. The molecule has 0 fully saturated rings. The number of anilines is 1. The zero-order valence-electron chi connectivity index (χ0n) is 10.6. The van der Waals surface area contributed by atoms with Gasteiger partial charge in [0.2, 0.25) is 5.95 Å². The smallest absolute Gasteiger partial charge is 0.223 e. The largest absolute Gasteiger partial charge is 0.368 e. The van der Waals surface area contributed by atoms with Crippen molar-refractivity contribution in [3.05, 3.63) is 36.2 Å². The minimum absolute atomic E-state index is 0.0133. The van der Waals surface area contributed by atoms with E-state index in [-0.39, 0.29) is 11.8 Å². The van der Waals surface area contributed by atoms with Gasteiger partial charge in [-0.25, -0.2) is 13.4 Å². The predicted octanol–water partition coefficient (Wildman–Crippen LogP) is 1.23. The van der Waals surface area contributed by atoms with Crippen molar-refractivity contribution in [2.24, 2.45) is 0 Å². The Balaban J connectivity index is 2.53. The van der Waals surface area contributed by atoms with Crippen LogP contribution in [-0.2, 0) is 9.84 Å². The second kappa shape index (κ2) is 4.93. The molecule has 1 aromatic heterocycles. The number of sulfone groups is 1. The lowest BCUT2D eigenvalue weighted by atomic mass is 10.2. The maximum atomic E-state index is 11.5. The van der Waals surface area contributed by atoms with Crippen LogP contribution in [0, 0.1) is 0 Å². The third kappa shape index (κ3) is 3.05. The van der Waals surface area contributed by atoms with Gasteiger partial charge < -0.3 is 5.73 Å². The van der Waals surface area contributed by atoms with Gasteiger partial charge in [-0.15, -0.1) is 0 Å². The quantitative estimate of drug-likeness (QED) is 0.906. The molecule has 1 unspecified atom stereocenters. The lowest BCUT2D eigenvalue weighted by Crippen LogP contribution is -2.14. The first-order valence-corrected chi connectivity index (χ1v) is 7.59. The van der Waals surface area contributed by atoms with Crippen molar-refractivity contribution in [2.45, 2.75) is 12.2 Å². The van der Waals surface area contributed by atoms with Crippen molar-refractivity contribution < 1.29 is 8.42 Å². The van der Waals surface area contributed by atoms with Gasteiger partial charge in [-0.1, -0.05) is 30.3 Å². The number of hydrogen-bond donors (Lipinski definition) is 1. The molecule has 0 amide bonds. The molecule has 2 aromatic rings. The number of hydrogen-bond acceptors (Lipinski definition) is 6. The van der Waals surface area contributed by atoms with Crippen LogP contribution in [0.5, 0.6) is 0 Å². The van der Waals surface area contributed by atoms with Crippen molar-refractivity contribution in [2.75, 3.05) is 12.0 Å². The topological polar surface area (TPSA) is 98.8 Å². The fraction of sp³-hybridized carbons (Fsp3) is 0.250. The predicted molar refractivity (Wildman–Crippen MR) is 72.9 cm³/mol. The first kappa shape index (κ1) is 13.4. The van der Waals surface area contributed by atoms with Gasteiger partial charge in [-0.2, -0.15) is 9.97 Å². The van der Waals surface area contributed by atoms with Gasteiger partial charge in [0, 0.05) is 11.8 Å².